The third kappa shape index (κ3) is 2.03. The van der Waals surface area contributed by atoms with Crippen molar-refractivity contribution in [2.24, 2.45) is 0 Å². The van der Waals surface area contributed by atoms with E-state index in [1.807, 2.05) is 0 Å². The molecule has 3 heteroatoms. The third-order valence-corrected chi connectivity index (χ3v) is 4.22. The van der Waals surface area contributed by atoms with Gasteiger partial charge < -0.3 is 4.57 Å². The summed E-state index contributed by atoms with van der Waals surface area (Å²) in [7, 11) is 0. The minimum absolute atomic E-state index is 0.504. The normalized spacial score (nSPS) is 17.4. The zero-order valence-corrected chi connectivity index (χ0v) is 11.6. The monoisotopic (exact) mass is 262 g/mol. The lowest BCUT2D eigenvalue weighted by Crippen LogP contribution is -2.14. The van der Waals surface area contributed by atoms with Gasteiger partial charge in [-0.05, 0) is 37.5 Å². The third-order valence-electron chi connectivity index (χ3n) is 3.98. The van der Waals surface area contributed by atoms with Crippen LogP contribution in [-0.2, 0) is 5.88 Å². The summed E-state index contributed by atoms with van der Waals surface area (Å²) in [6, 6.07) is 7.07. The van der Waals surface area contributed by atoms with Gasteiger partial charge in [-0.1, -0.05) is 25.3 Å². The van der Waals surface area contributed by atoms with Gasteiger partial charge in [0, 0.05) is 6.04 Å². The van der Waals surface area contributed by atoms with E-state index in [0.717, 1.165) is 11.3 Å². The molecule has 96 valence electrons. The van der Waals surface area contributed by atoms with Gasteiger partial charge in [0.25, 0.3) is 0 Å². The fraction of sp³-hybridized carbons (Fsp3) is 0.533. The van der Waals surface area contributed by atoms with Crippen LogP contribution in [0.4, 0.5) is 0 Å². The average Bonchev–Trinajstić information content (AvgIpc) is 2.77. The van der Waals surface area contributed by atoms with Crippen LogP contribution in [0, 0.1) is 6.92 Å². The quantitative estimate of drug-likeness (QED) is 0.724. The van der Waals surface area contributed by atoms with Crippen molar-refractivity contribution in [1.29, 1.82) is 0 Å². The molecule has 1 fully saturated rings. The summed E-state index contributed by atoms with van der Waals surface area (Å²) < 4.78 is 2.40. The van der Waals surface area contributed by atoms with E-state index in [1.165, 1.54) is 43.2 Å². The van der Waals surface area contributed by atoms with Gasteiger partial charge in [-0.2, -0.15) is 0 Å². The van der Waals surface area contributed by atoms with E-state index in [9.17, 15) is 0 Å². The zero-order chi connectivity index (χ0) is 12.5. The number of fused-ring (bicyclic) bond motifs is 1. The van der Waals surface area contributed by atoms with Gasteiger partial charge in [-0.3, -0.25) is 0 Å². The molecule has 1 aromatic carbocycles. The average molecular weight is 263 g/mol. The molecule has 0 aliphatic heterocycles. The van der Waals surface area contributed by atoms with E-state index in [2.05, 4.69) is 34.7 Å². The molecule has 2 aromatic rings. The second-order valence-electron chi connectivity index (χ2n) is 5.32. The number of rotatable bonds is 2. The molecule has 0 N–H and O–H groups in total. The Morgan fingerprint density at radius 2 is 2.06 bits per heavy atom. The van der Waals surface area contributed by atoms with Gasteiger partial charge in [0.2, 0.25) is 0 Å². The Labute approximate surface area is 113 Å². The Kier molecular flexibility index (Phi) is 3.29. The second kappa shape index (κ2) is 4.93. The molecule has 0 unspecified atom stereocenters. The van der Waals surface area contributed by atoms with Crippen LogP contribution in [-0.4, -0.2) is 9.55 Å². The Balaban J connectivity index is 2.14. The summed E-state index contributed by atoms with van der Waals surface area (Å²) >= 11 is 6.08. The van der Waals surface area contributed by atoms with Crippen LogP contribution >= 0.6 is 11.6 Å². The summed E-state index contributed by atoms with van der Waals surface area (Å²) in [4.78, 5) is 4.68. The molecule has 0 atom stereocenters. The van der Waals surface area contributed by atoms with E-state index >= 15 is 0 Å². The number of benzene rings is 1. The molecule has 0 saturated heterocycles. The number of hydrogen-bond donors (Lipinski definition) is 0. The molecule has 1 aromatic heterocycles. The van der Waals surface area contributed by atoms with Crippen LogP contribution in [0.3, 0.4) is 0 Å². The second-order valence-corrected chi connectivity index (χ2v) is 5.58. The Morgan fingerprint density at radius 3 is 2.78 bits per heavy atom. The van der Waals surface area contributed by atoms with Crippen LogP contribution in [0.25, 0.3) is 11.0 Å². The Bertz CT molecular complexity index is 553. The molecule has 0 radical (unpaired) electrons. The highest BCUT2D eigenvalue weighted by atomic mass is 35.5. The highest BCUT2D eigenvalue weighted by molar-refractivity contribution is 6.16. The molecule has 1 heterocycles. The van der Waals surface area contributed by atoms with Crippen molar-refractivity contribution in [1.82, 2.24) is 9.55 Å². The lowest BCUT2D eigenvalue weighted by molar-refractivity contribution is 0.354. The summed E-state index contributed by atoms with van der Waals surface area (Å²) in [5.74, 6) is 1.54. The van der Waals surface area contributed by atoms with Gasteiger partial charge in [-0.25, -0.2) is 4.98 Å². The molecule has 0 spiro atoms. The molecular formula is C15H19ClN2. The highest BCUT2D eigenvalue weighted by Crippen LogP contribution is 2.33. The lowest BCUT2D eigenvalue weighted by atomic mass is 9.95. The maximum absolute atomic E-state index is 6.08. The lowest BCUT2D eigenvalue weighted by Gasteiger charge is -2.25. The number of hydrogen-bond acceptors (Lipinski definition) is 1. The summed E-state index contributed by atoms with van der Waals surface area (Å²) in [5, 5.41) is 0. The largest absolute Gasteiger partial charge is 0.324 e. The number of alkyl halides is 1. The van der Waals surface area contributed by atoms with Crippen LogP contribution in [0.15, 0.2) is 18.2 Å². The minimum atomic E-state index is 0.504. The van der Waals surface area contributed by atoms with Crippen molar-refractivity contribution in [3.05, 3.63) is 29.6 Å². The van der Waals surface area contributed by atoms with Crippen molar-refractivity contribution in [3.63, 3.8) is 0 Å². The molecule has 3 rings (SSSR count). The summed E-state index contributed by atoms with van der Waals surface area (Å²) in [6.07, 6.45) is 6.57. The Morgan fingerprint density at radius 1 is 1.28 bits per heavy atom. The first-order valence-electron chi connectivity index (χ1n) is 6.83. The smallest absolute Gasteiger partial charge is 0.125 e. The number of aryl methyl sites for hydroxylation is 1. The molecule has 1 aliphatic carbocycles. The first-order valence-corrected chi connectivity index (χ1v) is 7.36. The van der Waals surface area contributed by atoms with Gasteiger partial charge in [-0.15, -0.1) is 11.6 Å². The van der Waals surface area contributed by atoms with Gasteiger partial charge in [0.1, 0.15) is 5.82 Å². The molecule has 1 saturated carbocycles. The zero-order valence-electron chi connectivity index (χ0n) is 10.8. The molecule has 1 aliphatic rings. The van der Waals surface area contributed by atoms with Crippen molar-refractivity contribution in [2.45, 2.75) is 50.9 Å². The Hall–Kier alpha value is -1.02. The predicted molar refractivity (Wildman–Crippen MR) is 76.1 cm³/mol. The van der Waals surface area contributed by atoms with Crippen LogP contribution < -0.4 is 0 Å². The molecule has 0 bridgehead atoms. The van der Waals surface area contributed by atoms with Crippen molar-refractivity contribution in [2.75, 3.05) is 0 Å². The number of nitrogens with zero attached hydrogens (tertiary/aromatic N) is 2. The fourth-order valence-corrected chi connectivity index (χ4v) is 3.28. The molecular weight excluding hydrogens is 244 g/mol. The van der Waals surface area contributed by atoms with Crippen molar-refractivity contribution < 1.29 is 0 Å². The molecule has 18 heavy (non-hydrogen) atoms. The first-order chi connectivity index (χ1) is 8.79. The van der Waals surface area contributed by atoms with Gasteiger partial charge in [0.15, 0.2) is 0 Å². The molecule has 2 nitrogen and oxygen atoms in total. The summed E-state index contributed by atoms with van der Waals surface area (Å²) in [5.41, 5.74) is 3.64. The predicted octanol–water partition coefficient (Wildman–Crippen LogP) is 4.59. The van der Waals surface area contributed by atoms with Crippen LogP contribution in [0.1, 0.15) is 49.5 Å². The van der Waals surface area contributed by atoms with E-state index in [-0.39, 0.29) is 0 Å². The molecule has 0 amide bonds. The maximum atomic E-state index is 6.08. The van der Waals surface area contributed by atoms with Crippen molar-refractivity contribution in [3.8, 4) is 0 Å². The topological polar surface area (TPSA) is 17.8 Å². The fourth-order valence-electron chi connectivity index (χ4n) is 3.09. The standard InChI is InChI=1S/C15H19ClN2/c1-11-7-8-13-14(9-11)18(15(10-16)17-13)12-5-3-2-4-6-12/h7-9,12H,2-6,10H2,1H3. The maximum Gasteiger partial charge on any atom is 0.125 e. The minimum Gasteiger partial charge on any atom is -0.324 e. The van der Waals surface area contributed by atoms with Crippen molar-refractivity contribution >= 4 is 22.6 Å². The van der Waals surface area contributed by atoms with E-state index in [1.54, 1.807) is 0 Å². The highest BCUT2D eigenvalue weighted by Gasteiger charge is 2.20. The number of aromatic nitrogens is 2. The SMILES string of the molecule is Cc1ccc2nc(CCl)n(C3CCCCC3)c2c1. The van der Waals surface area contributed by atoms with Crippen LogP contribution in [0.2, 0.25) is 0 Å². The van der Waals surface area contributed by atoms with Gasteiger partial charge in [0.05, 0.1) is 16.9 Å². The number of imidazole rings is 1. The van der Waals surface area contributed by atoms with E-state index < -0.39 is 0 Å². The van der Waals surface area contributed by atoms with Crippen LogP contribution in [0.5, 0.6) is 0 Å². The first kappa shape index (κ1) is 12.0. The summed E-state index contributed by atoms with van der Waals surface area (Å²) in [6.45, 7) is 2.14. The van der Waals surface area contributed by atoms with E-state index in [4.69, 9.17) is 11.6 Å². The number of halogens is 1. The van der Waals surface area contributed by atoms with E-state index in [0.29, 0.717) is 11.9 Å². The van der Waals surface area contributed by atoms with Gasteiger partial charge >= 0.3 is 0 Å².